The van der Waals surface area contributed by atoms with Crippen molar-refractivity contribution in [2.75, 3.05) is 39.2 Å². The van der Waals surface area contributed by atoms with Crippen molar-refractivity contribution in [2.45, 2.75) is 30.7 Å². The normalized spacial score (nSPS) is 16.4. The number of rotatable bonds is 7. The molecule has 1 aromatic carbocycles. The molecule has 1 heterocycles. The highest BCUT2D eigenvalue weighted by Gasteiger charge is 2.28. The monoisotopic (exact) mass is 387 g/mol. The number of nitrogens with one attached hydrogen (secondary N) is 2. The third-order valence-electron chi connectivity index (χ3n) is 3.92. The van der Waals surface area contributed by atoms with E-state index in [2.05, 4.69) is 10.6 Å². The molecular formula is C16H25N3O4S2. The fourth-order valence-electron chi connectivity index (χ4n) is 2.70. The van der Waals surface area contributed by atoms with Crippen LogP contribution in [-0.2, 0) is 14.8 Å². The summed E-state index contributed by atoms with van der Waals surface area (Å²) >= 11 is 5.28. The van der Waals surface area contributed by atoms with Crippen molar-refractivity contribution in [1.29, 1.82) is 0 Å². The Labute approximate surface area is 154 Å². The SMILES string of the molecule is COC[C@H](C)NC(=S)Nc1cc(S(=O)(=O)N2CCCC2)ccc1OC. The van der Waals surface area contributed by atoms with E-state index in [0.29, 0.717) is 36.2 Å². The lowest BCUT2D eigenvalue weighted by molar-refractivity contribution is 0.179. The average molecular weight is 388 g/mol. The van der Waals surface area contributed by atoms with Gasteiger partial charge in [-0.1, -0.05) is 0 Å². The van der Waals surface area contributed by atoms with Crippen molar-refractivity contribution in [3.63, 3.8) is 0 Å². The molecule has 1 atom stereocenters. The van der Waals surface area contributed by atoms with Gasteiger partial charge in [0.05, 0.1) is 24.3 Å². The summed E-state index contributed by atoms with van der Waals surface area (Å²) in [5, 5.41) is 6.46. The van der Waals surface area contributed by atoms with Crippen molar-refractivity contribution < 1.29 is 17.9 Å². The quantitative estimate of drug-likeness (QED) is 0.691. The van der Waals surface area contributed by atoms with Crippen molar-refractivity contribution >= 4 is 33.0 Å². The predicted octanol–water partition coefficient (Wildman–Crippen LogP) is 1.80. The number of ether oxygens (including phenoxy) is 2. The molecule has 1 aliphatic heterocycles. The van der Waals surface area contributed by atoms with E-state index < -0.39 is 10.0 Å². The van der Waals surface area contributed by atoms with Gasteiger partial charge < -0.3 is 20.1 Å². The molecule has 1 saturated heterocycles. The maximum absolute atomic E-state index is 12.7. The molecule has 9 heteroatoms. The first-order valence-electron chi connectivity index (χ1n) is 8.13. The summed E-state index contributed by atoms with van der Waals surface area (Å²) in [6, 6.07) is 4.77. The first-order chi connectivity index (χ1) is 11.9. The minimum Gasteiger partial charge on any atom is -0.495 e. The van der Waals surface area contributed by atoms with E-state index in [-0.39, 0.29) is 10.9 Å². The number of hydrogen-bond donors (Lipinski definition) is 2. The number of methoxy groups -OCH3 is 2. The number of sulfonamides is 1. The van der Waals surface area contributed by atoms with Crippen LogP contribution >= 0.6 is 12.2 Å². The maximum atomic E-state index is 12.7. The van der Waals surface area contributed by atoms with Crippen LogP contribution in [0.1, 0.15) is 19.8 Å². The van der Waals surface area contributed by atoms with Crippen LogP contribution < -0.4 is 15.4 Å². The van der Waals surface area contributed by atoms with Crippen molar-refractivity contribution in [3.05, 3.63) is 18.2 Å². The number of benzene rings is 1. The van der Waals surface area contributed by atoms with E-state index in [0.717, 1.165) is 12.8 Å². The number of nitrogens with zero attached hydrogens (tertiary/aromatic N) is 1. The van der Waals surface area contributed by atoms with Gasteiger partial charge >= 0.3 is 0 Å². The van der Waals surface area contributed by atoms with Crippen molar-refractivity contribution in [2.24, 2.45) is 0 Å². The van der Waals surface area contributed by atoms with Gasteiger partial charge in [-0.05, 0) is 50.2 Å². The van der Waals surface area contributed by atoms with Crippen LogP contribution in [0.5, 0.6) is 5.75 Å². The molecule has 25 heavy (non-hydrogen) atoms. The molecule has 2 rings (SSSR count). The fraction of sp³-hybridized carbons (Fsp3) is 0.562. The Bertz CT molecular complexity index is 703. The fourth-order valence-corrected chi connectivity index (χ4v) is 4.55. The Kier molecular flexibility index (Phi) is 7.00. The van der Waals surface area contributed by atoms with Crippen LogP contribution in [0.2, 0.25) is 0 Å². The van der Waals surface area contributed by atoms with Gasteiger partial charge in [0.1, 0.15) is 5.75 Å². The summed E-state index contributed by atoms with van der Waals surface area (Å²) in [5.41, 5.74) is 0.505. The van der Waals surface area contributed by atoms with E-state index in [4.69, 9.17) is 21.7 Å². The van der Waals surface area contributed by atoms with Gasteiger partial charge in [0.25, 0.3) is 0 Å². The second-order valence-electron chi connectivity index (χ2n) is 5.93. The smallest absolute Gasteiger partial charge is 0.243 e. The largest absolute Gasteiger partial charge is 0.495 e. The highest BCUT2D eigenvalue weighted by Crippen LogP contribution is 2.30. The number of thiocarbonyl (C=S) groups is 1. The molecule has 0 aliphatic carbocycles. The van der Waals surface area contributed by atoms with E-state index in [1.54, 1.807) is 25.3 Å². The predicted molar refractivity (Wildman–Crippen MR) is 102 cm³/mol. The van der Waals surface area contributed by atoms with Crippen LogP contribution in [0, 0.1) is 0 Å². The van der Waals surface area contributed by atoms with E-state index in [1.165, 1.54) is 11.4 Å². The Morgan fingerprint density at radius 3 is 2.60 bits per heavy atom. The topological polar surface area (TPSA) is 79.9 Å². The zero-order valence-corrected chi connectivity index (χ0v) is 16.4. The van der Waals surface area contributed by atoms with Gasteiger partial charge in [0, 0.05) is 26.2 Å². The molecule has 0 amide bonds. The molecule has 0 aromatic heterocycles. The summed E-state index contributed by atoms with van der Waals surface area (Å²) in [5.74, 6) is 0.518. The lowest BCUT2D eigenvalue weighted by Gasteiger charge is -2.19. The van der Waals surface area contributed by atoms with Crippen molar-refractivity contribution in [1.82, 2.24) is 9.62 Å². The van der Waals surface area contributed by atoms with Gasteiger partial charge in [-0.3, -0.25) is 0 Å². The third kappa shape index (κ3) is 5.04. The summed E-state index contributed by atoms with van der Waals surface area (Å²) < 4.78 is 37.3. The van der Waals surface area contributed by atoms with E-state index in [1.807, 2.05) is 6.92 Å². The Balaban J connectivity index is 2.20. The molecule has 0 spiro atoms. The van der Waals surface area contributed by atoms with Gasteiger partial charge in [-0.2, -0.15) is 4.31 Å². The second-order valence-corrected chi connectivity index (χ2v) is 8.27. The molecule has 140 valence electrons. The highest BCUT2D eigenvalue weighted by molar-refractivity contribution is 7.89. The lowest BCUT2D eigenvalue weighted by atomic mass is 10.3. The van der Waals surface area contributed by atoms with E-state index >= 15 is 0 Å². The summed E-state index contributed by atoms with van der Waals surface area (Å²) in [7, 11) is -0.357. The summed E-state index contributed by atoms with van der Waals surface area (Å²) in [6.45, 7) is 3.56. The van der Waals surface area contributed by atoms with Gasteiger partial charge in [0.2, 0.25) is 10.0 Å². The minimum absolute atomic E-state index is 0.0208. The van der Waals surface area contributed by atoms with Crippen LogP contribution in [0.3, 0.4) is 0 Å². The number of anilines is 1. The van der Waals surface area contributed by atoms with E-state index in [9.17, 15) is 8.42 Å². The molecule has 2 N–H and O–H groups in total. The Morgan fingerprint density at radius 2 is 2.00 bits per heavy atom. The molecule has 1 fully saturated rings. The van der Waals surface area contributed by atoms with Crippen LogP contribution in [0.15, 0.2) is 23.1 Å². The molecule has 1 aliphatic rings. The number of hydrogen-bond acceptors (Lipinski definition) is 5. The average Bonchev–Trinajstić information content (AvgIpc) is 3.10. The van der Waals surface area contributed by atoms with Gasteiger partial charge in [0.15, 0.2) is 5.11 Å². The summed E-state index contributed by atoms with van der Waals surface area (Å²) in [4.78, 5) is 0.227. The van der Waals surface area contributed by atoms with Crippen LogP contribution in [0.25, 0.3) is 0 Å². The molecule has 0 bridgehead atoms. The Morgan fingerprint density at radius 1 is 1.32 bits per heavy atom. The van der Waals surface area contributed by atoms with Gasteiger partial charge in [-0.25, -0.2) is 8.42 Å². The minimum atomic E-state index is -3.50. The third-order valence-corrected chi connectivity index (χ3v) is 6.03. The molecular weight excluding hydrogens is 362 g/mol. The highest BCUT2D eigenvalue weighted by atomic mass is 32.2. The molecule has 0 unspecified atom stereocenters. The molecule has 0 saturated carbocycles. The van der Waals surface area contributed by atoms with Gasteiger partial charge in [-0.15, -0.1) is 0 Å². The molecule has 1 aromatic rings. The van der Waals surface area contributed by atoms with Crippen molar-refractivity contribution in [3.8, 4) is 5.75 Å². The Hall–Kier alpha value is -1.42. The van der Waals surface area contributed by atoms with Crippen LogP contribution in [0.4, 0.5) is 5.69 Å². The summed E-state index contributed by atoms with van der Waals surface area (Å²) in [6.07, 6.45) is 1.79. The second kappa shape index (κ2) is 8.79. The molecule has 7 nitrogen and oxygen atoms in total. The van der Waals surface area contributed by atoms with Crippen LogP contribution in [-0.4, -0.2) is 57.8 Å². The zero-order chi connectivity index (χ0) is 18.4. The lowest BCUT2D eigenvalue weighted by Crippen LogP contribution is -2.38. The standard InChI is InChI=1S/C16H25N3O4S2/c1-12(11-22-2)17-16(24)18-14-10-13(6-7-15(14)23-3)25(20,21)19-8-4-5-9-19/h6-7,10,12H,4-5,8-9,11H2,1-3H3,(H2,17,18,24)/t12-/m0/s1. The maximum Gasteiger partial charge on any atom is 0.243 e. The molecule has 0 radical (unpaired) electrons. The first kappa shape index (κ1) is 19.9. The first-order valence-corrected chi connectivity index (χ1v) is 9.98. The zero-order valence-electron chi connectivity index (χ0n) is 14.7.